The average molecular weight is 1570 g/mol. The molecule has 9 atom stereocenters. The molecule has 27 nitrogen and oxygen atoms in total. The number of amides is 3. The molecule has 105 heavy (non-hydrogen) atoms. The molecule has 2 aromatic carbocycles. The van der Waals surface area contributed by atoms with Crippen LogP contribution in [0.25, 0.3) is 33.1 Å². The standard InChI is InChI=1S/C34H45N6O5P.C25H28N4O4.C17H25IN4O4/c1-9-26-27(45-46(43-19-13-18-35)40(22(2)3)23(4)5)20-28(44-26)39-21-25(17-16-24-14-11-10-12-15-24)29-30(39)36-33(37-31(29)41)38-32(42)34(6,7)8;1-5-18-17(30)13-19(33-18)29-14-16(12-11-15-9-7-6-8-10-15)20-21(29)26-24(27-22(20)31)28-23(32)25(2,3)4;1-5-10(23)11(24)6-7-22-8-9(18)12-13(22)19-16(20-14(12)25)21-15(26)17(2,3)4/h10-12,14-15,21-23,26-28H,9,13,19-20H2,1-8H3,(H2,36,37,38,41,42);6-10,14,17-19,30H,5,13H2,1-4H3,(H2,26,27,28,31,32);8,10-11,23-24H,5-7H2,1-4H3,(H2,19,20,21,25,26)/t26-,27?,28-,46?;17?,18-,19-;10-,11?/m111/s1. The lowest BCUT2D eigenvalue weighted by molar-refractivity contribution is -0.123. The van der Waals surface area contributed by atoms with Crippen LogP contribution in [0.1, 0.15) is 190 Å². The van der Waals surface area contributed by atoms with E-state index in [0.717, 1.165) is 14.7 Å². The van der Waals surface area contributed by atoms with Gasteiger partial charge in [0.1, 0.15) is 12.5 Å². The minimum atomic E-state index is -1.49. The third-order valence-corrected chi connectivity index (χ3v) is 20.2. The Labute approximate surface area is 626 Å². The average Bonchev–Trinajstić information content (AvgIpc) is 1.62. The largest absolute Gasteiger partial charge is 0.390 e. The molecule has 8 heterocycles. The van der Waals surface area contributed by atoms with Crippen LogP contribution in [-0.2, 0) is 39.4 Å². The number of carbonyl (C=O) groups excluding carboxylic acids is 3. The molecular weight excluding hydrogens is 1470 g/mol. The Hall–Kier alpha value is -8.44. The summed E-state index contributed by atoms with van der Waals surface area (Å²) in [6.07, 6.45) is 4.40. The van der Waals surface area contributed by atoms with E-state index < -0.39 is 66.7 Å². The van der Waals surface area contributed by atoms with Crippen molar-refractivity contribution >= 4 is 99.8 Å². The minimum absolute atomic E-state index is 0.0519. The van der Waals surface area contributed by atoms with Gasteiger partial charge in [0.05, 0.1) is 83.0 Å². The van der Waals surface area contributed by atoms with E-state index in [0.29, 0.717) is 89.3 Å². The van der Waals surface area contributed by atoms with Gasteiger partial charge in [-0.25, -0.2) is 4.67 Å². The van der Waals surface area contributed by atoms with Crippen molar-refractivity contribution in [1.29, 1.82) is 5.26 Å². The molecule has 0 spiro atoms. The Kier molecular flexibility index (Phi) is 28.0. The highest BCUT2D eigenvalue weighted by Crippen LogP contribution is 2.51. The highest BCUT2D eigenvalue weighted by atomic mass is 127. The minimum Gasteiger partial charge on any atom is -0.390 e. The number of aryl methyl sites for hydroxylation is 1. The molecule has 0 radical (unpaired) electrons. The molecule has 0 aliphatic carbocycles. The van der Waals surface area contributed by atoms with E-state index in [1.807, 2.05) is 79.1 Å². The fourth-order valence-corrected chi connectivity index (χ4v) is 14.0. The summed E-state index contributed by atoms with van der Waals surface area (Å²) in [4.78, 5) is 97.9. The Balaban J connectivity index is 0.000000208. The van der Waals surface area contributed by atoms with Gasteiger partial charge < -0.3 is 47.5 Å². The number of rotatable bonds is 20. The molecule has 9 N–H and O–H groups in total. The molecule has 2 aliphatic heterocycles. The summed E-state index contributed by atoms with van der Waals surface area (Å²) >= 11 is 2.05. The number of aromatic amines is 3. The second-order valence-corrected chi connectivity index (χ2v) is 32.0. The number of benzene rings is 2. The normalized spacial score (nSPS) is 18.3. The molecule has 2 saturated heterocycles. The van der Waals surface area contributed by atoms with Crippen LogP contribution in [0.15, 0.2) is 93.6 Å². The van der Waals surface area contributed by atoms with Gasteiger partial charge in [-0.1, -0.05) is 143 Å². The van der Waals surface area contributed by atoms with Crippen molar-refractivity contribution in [2.75, 3.05) is 22.6 Å². The van der Waals surface area contributed by atoms with E-state index in [9.17, 15) is 44.1 Å². The van der Waals surface area contributed by atoms with Gasteiger partial charge >= 0.3 is 0 Å². The Morgan fingerprint density at radius 1 is 0.648 bits per heavy atom. The van der Waals surface area contributed by atoms with Gasteiger partial charge in [-0.05, 0) is 100 Å². The number of carbonyl (C=O) groups is 3. The first kappa shape index (κ1) is 82.2. The van der Waals surface area contributed by atoms with Crippen molar-refractivity contribution in [3.8, 4) is 29.8 Å². The number of aliphatic hydroxyl groups is 3. The Morgan fingerprint density at radius 3 is 1.49 bits per heavy atom. The van der Waals surface area contributed by atoms with Gasteiger partial charge in [0.15, 0.2) is 16.9 Å². The first-order valence-electron chi connectivity index (χ1n) is 35.3. The van der Waals surface area contributed by atoms with Gasteiger partial charge in [0, 0.05) is 81.0 Å². The lowest BCUT2D eigenvalue weighted by Crippen LogP contribution is -2.35. The van der Waals surface area contributed by atoms with Gasteiger partial charge in [0.25, 0.3) is 25.2 Å². The van der Waals surface area contributed by atoms with Gasteiger partial charge in [-0.15, -0.1) is 0 Å². The fraction of sp³-hybridized carbons (Fsp3) is 0.500. The van der Waals surface area contributed by atoms with Crippen LogP contribution in [-0.4, -0.2) is 137 Å². The number of fused-ring (bicyclic) bond motifs is 3. The van der Waals surface area contributed by atoms with Crippen molar-refractivity contribution in [1.82, 2.24) is 48.3 Å². The van der Waals surface area contributed by atoms with Crippen LogP contribution in [0.5, 0.6) is 0 Å². The summed E-state index contributed by atoms with van der Waals surface area (Å²) in [5.41, 5.74) is 0.605. The van der Waals surface area contributed by atoms with Crippen molar-refractivity contribution in [3.05, 3.63) is 136 Å². The van der Waals surface area contributed by atoms with Crippen LogP contribution in [0.3, 0.4) is 0 Å². The number of halogens is 1. The van der Waals surface area contributed by atoms with Crippen LogP contribution >= 0.6 is 31.1 Å². The van der Waals surface area contributed by atoms with Gasteiger partial charge in [-0.2, -0.15) is 20.2 Å². The highest BCUT2D eigenvalue weighted by molar-refractivity contribution is 14.1. The Bertz CT molecular complexity index is 4720. The molecule has 4 unspecified atom stereocenters. The van der Waals surface area contributed by atoms with Crippen LogP contribution in [0.2, 0.25) is 0 Å². The highest BCUT2D eigenvalue weighted by Gasteiger charge is 2.42. The zero-order valence-electron chi connectivity index (χ0n) is 62.5. The summed E-state index contributed by atoms with van der Waals surface area (Å²) in [6, 6.07) is 21.4. The molecule has 0 saturated carbocycles. The number of nitriles is 1. The van der Waals surface area contributed by atoms with E-state index >= 15 is 0 Å². The van der Waals surface area contributed by atoms with Crippen molar-refractivity contribution in [2.45, 2.75) is 223 Å². The van der Waals surface area contributed by atoms with Crippen LogP contribution in [0.4, 0.5) is 17.8 Å². The van der Waals surface area contributed by atoms with Crippen molar-refractivity contribution in [2.24, 2.45) is 16.2 Å². The number of hydrogen-bond donors (Lipinski definition) is 9. The molecule has 8 aromatic rings. The predicted molar refractivity (Wildman–Crippen MR) is 414 cm³/mol. The second kappa shape index (κ2) is 35.8. The van der Waals surface area contributed by atoms with E-state index in [4.69, 9.17) is 28.8 Å². The number of H-pyrrole nitrogens is 3. The number of hydrogen-bond acceptors (Lipinski definition) is 18. The first-order chi connectivity index (χ1) is 49.5. The van der Waals surface area contributed by atoms with Crippen LogP contribution in [0, 0.1) is 54.8 Å². The third-order valence-electron chi connectivity index (χ3n) is 17.2. The molecule has 29 heteroatoms. The number of nitrogens with zero attached hydrogens (tertiary/aromatic N) is 8. The maximum absolute atomic E-state index is 13.5. The van der Waals surface area contributed by atoms with E-state index in [1.54, 1.807) is 97.0 Å². The van der Waals surface area contributed by atoms with Crippen LogP contribution < -0.4 is 32.6 Å². The van der Waals surface area contributed by atoms with E-state index in [2.05, 4.69) is 126 Å². The second-order valence-electron chi connectivity index (χ2n) is 29.4. The summed E-state index contributed by atoms with van der Waals surface area (Å²) in [6.45, 7) is 30.8. The molecule has 562 valence electrons. The number of aliphatic hydroxyl groups excluding tert-OH is 3. The molecule has 2 fully saturated rings. The molecule has 3 amide bonds. The summed E-state index contributed by atoms with van der Waals surface area (Å²) in [7, 11) is -1.49. The quantitative estimate of drug-likeness (QED) is 0.0148. The fourth-order valence-electron chi connectivity index (χ4n) is 11.4. The summed E-state index contributed by atoms with van der Waals surface area (Å²) in [5.74, 6) is 11.8. The number of ether oxygens (including phenoxy) is 2. The third kappa shape index (κ3) is 21.0. The summed E-state index contributed by atoms with van der Waals surface area (Å²) in [5, 5.41) is 48.3. The SMILES string of the molecule is CC[C@@H](O)C(O)CCn1cc(I)c2c(=O)[nH]c(NC(=O)C(C)(C)C)nc21.CC[C@H]1O[C@@H](n2cc(C#Cc3ccccc3)c3c(=O)[nH]c(NC(=O)C(C)(C)C)nc32)CC1O.CC[C@H]1O[C@@H](n2cc(C#Cc3ccccc3)c3c(=O)[nH]c(NC(=O)C(C)(C)C)nc32)CC1OP(OCCC#N)N(C(C)C)C(C)C. The van der Waals surface area contributed by atoms with E-state index in [-0.39, 0.29) is 84.5 Å². The number of aromatic nitrogens is 9. The first-order valence-corrected chi connectivity index (χ1v) is 37.5. The topological polar surface area (TPSA) is 364 Å². The monoisotopic (exact) mass is 1570 g/mol. The zero-order chi connectivity index (χ0) is 77.0. The number of nitrogens with one attached hydrogen (secondary N) is 6. The smallest absolute Gasteiger partial charge is 0.263 e. The predicted octanol–water partition coefficient (Wildman–Crippen LogP) is 11.5. The van der Waals surface area contributed by atoms with Crippen molar-refractivity contribution < 1.29 is 48.2 Å². The van der Waals surface area contributed by atoms with Gasteiger partial charge in [-0.3, -0.25) is 59.7 Å². The van der Waals surface area contributed by atoms with E-state index in [1.165, 1.54) is 0 Å². The Morgan fingerprint density at radius 2 is 1.08 bits per heavy atom. The molecule has 2 aliphatic rings. The summed E-state index contributed by atoms with van der Waals surface area (Å²) < 4.78 is 33.7. The van der Waals surface area contributed by atoms with Gasteiger partial charge in [0.2, 0.25) is 35.6 Å². The molecule has 6 aromatic heterocycles. The lowest BCUT2D eigenvalue weighted by Gasteiger charge is -2.37. The maximum atomic E-state index is 13.5. The molecular formula is C76H98IN14O13P. The molecule has 0 bridgehead atoms. The maximum Gasteiger partial charge on any atom is 0.263 e. The lowest BCUT2D eigenvalue weighted by atomic mass is 9.96. The zero-order valence-corrected chi connectivity index (χ0v) is 65.5. The molecule has 10 rings (SSSR count). The van der Waals surface area contributed by atoms with Crippen molar-refractivity contribution in [3.63, 3.8) is 0 Å². The number of anilines is 3.